The van der Waals surface area contributed by atoms with Crippen LogP contribution in [-0.2, 0) is 19.4 Å². The average molecular weight is 309 g/mol. The molecule has 23 heavy (non-hydrogen) atoms. The van der Waals surface area contributed by atoms with E-state index in [4.69, 9.17) is 5.73 Å². The topological polar surface area (TPSA) is 76.2 Å². The van der Waals surface area contributed by atoms with Gasteiger partial charge in [0, 0.05) is 11.4 Å². The van der Waals surface area contributed by atoms with E-state index in [0.717, 1.165) is 35.7 Å². The Bertz CT molecular complexity index is 716. The molecule has 1 aromatic heterocycles. The van der Waals surface area contributed by atoms with Crippen molar-refractivity contribution in [1.29, 1.82) is 0 Å². The summed E-state index contributed by atoms with van der Waals surface area (Å²) >= 11 is 0. The van der Waals surface area contributed by atoms with E-state index in [1.807, 2.05) is 19.9 Å². The first-order valence-electron chi connectivity index (χ1n) is 8.10. The summed E-state index contributed by atoms with van der Waals surface area (Å²) in [7, 11) is 0. The minimum atomic E-state index is 0.429. The molecule has 5 nitrogen and oxygen atoms in total. The van der Waals surface area contributed by atoms with Crippen LogP contribution in [0.25, 0.3) is 0 Å². The lowest BCUT2D eigenvalue weighted by molar-refractivity contribution is 0.687. The second-order valence-electron chi connectivity index (χ2n) is 6.02. The number of aliphatic imine (C=N–C) groups is 1. The number of aryl methyl sites for hydroxylation is 3. The lowest BCUT2D eigenvalue weighted by atomic mass is 9.90. The summed E-state index contributed by atoms with van der Waals surface area (Å²) in [6, 6.07) is 8.30. The molecule has 0 spiro atoms. The minimum absolute atomic E-state index is 0.429. The van der Waals surface area contributed by atoms with Gasteiger partial charge in [-0.1, -0.05) is 12.1 Å². The van der Waals surface area contributed by atoms with Crippen molar-refractivity contribution in [3.8, 4) is 0 Å². The second kappa shape index (κ2) is 6.77. The summed E-state index contributed by atoms with van der Waals surface area (Å²) in [6.45, 7) is 4.30. The monoisotopic (exact) mass is 309 g/mol. The van der Waals surface area contributed by atoms with Crippen LogP contribution in [0.4, 0.5) is 5.69 Å². The third-order valence-corrected chi connectivity index (χ3v) is 4.09. The smallest absolute Gasteiger partial charge is 0.193 e. The largest absolute Gasteiger partial charge is 0.370 e. The molecule has 3 rings (SSSR count). The van der Waals surface area contributed by atoms with E-state index in [-0.39, 0.29) is 0 Å². The molecule has 0 unspecified atom stereocenters. The number of anilines is 1. The fourth-order valence-corrected chi connectivity index (χ4v) is 3.12. The van der Waals surface area contributed by atoms with Gasteiger partial charge in [0.1, 0.15) is 5.82 Å². The van der Waals surface area contributed by atoms with Gasteiger partial charge < -0.3 is 11.1 Å². The molecule has 0 amide bonds. The van der Waals surface area contributed by atoms with Gasteiger partial charge in [-0.15, -0.1) is 0 Å². The first-order valence-corrected chi connectivity index (χ1v) is 8.10. The van der Waals surface area contributed by atoms with E-state index >= 15 is 0 Å². The van der Waals surface area contributed by atoms with E-state index in [2.05, 4.69) is 38.5 Å². The maximum absolute atomic E-state index is 6.06. The molecule has 120 valence electrons. The fraction of sp³-hybridized carbons (Fsp3) is 0.389. The molecule has 2 aromatic rings. The highest BCUT2D eigenvalue weighted by Gasteiger charge is 2.13. The molecule has 1 aliphatic rings. The van der Waals surface area contributed by atoms with Gasteiger partial charge in [0.15, 0.2) is 5.96 Å². The summed E-state index contributed by atoms with van der Waals surface area (Å²) in [5, 5.41) is 3.25. The van der Waals surface area contributed by atoms with Crippen LogP contribution in [-0.4, -0.2) is 15.9 Å². The van der Waals surface area contributed by atoms with Gasteiger partial charge in [0.2, 0.25) is 0 Å². The van der Waals surface area contributed by atoms with Gasteiger partial charge in [-0.3, -0.25) is 0 Å². The fourth-order valence-electron chi connectivity index (χ4n) is 3.12. The third-order valence-electron chi connectivity index (χ3n) is 4.09. The Morgan fingerprint density at radius 3 is 2.87 bits per heavy atom. The Labute approximate surface area is 137 Å². The highest BCUT2D eigenvalue weighted by Crippen LogP contribution is 2.27. The number of rotatable bonds is 3. The molecule has 1 aliphatic carbocycles. The standard InChI is InChI=1S/C18H23N5/c1-12-10-15(22-13(2)21-12)11-20-18(19)23-17-9-5-7-14-6-3-4-8-16(14)17/h5,7,9-10H,3-4,6,8,11H2,1-2H3,(H3,19,20,23). The number of nitrogens with two attached hydrogens (primary N) is 1. The summed E-state index contributed by atoms with van der Waals surface area (Å²) in [5.74, 6) is 1.19. The SMILES string of the molecule is Cc1cc(CN=C(N)Nc2cccc3c2CCCC3)nc(C)n1. The van der Waals surface area contributed by atoms with E-state index in [9.17, 15) is 0 Å². The zero-order valence-electron chi connectivity index (χ0n) is 13.8. The Morgan fingerprint density at radius 2 is 2.04 bits per heavy atom. The molecule has 0 saturated heterocycles. The van der Waals surface area contributed by atoms with Crippen LogP contribution < -0.4 is 11.1 Å². The quantitative estimate of drug-likeness (QED) is 0.675. The summed E-state index contributed by atoms with van der Waals surface area (Å²) in [5.41, 5.74) is 11.8. The first kappa shape index (κ1) is 15.5. The first-order chi connectivity index (χ1) is 11.1. The van der Waals surface area contributed by atoms with Crippen molar-refractivity contribution < 1.29 is 0 Å². The van der Waals surface area contributed by atoms with Crippen molar-refractivity contribution in [2.45, 2.75) is 46.1 Å². The zero-order chi connectivity index (χ0) is 16.2. The van der Waals surface area contributed by atoms with Gasteiger partial charge in [-0.2, -0.15) is 0 Å². The molecule has 0 radical (unpaired) electrons. The third kappa shape index (κ3) is 3.86. The van der Waals surface area contributed by atoms with Crippen LogP contribution in [0.3, 0.4) is 0 Å². The number of hydrogen-bond acceptors (Lipinski definition) is 3. The Kier molecular flexibility index (Phi) is 4.55. The van der Waals surface area contributed by atoms with Crippen molar-refractivity contribution in [3.63, 3.8) is 0 Å². The molecule has 3 N–H and O–H groups in total. The lowest BCUT2D eigenvalue weighted by Crippen LogP contribution is -2.24. The molecular weight excluding hydrogens is 286 g/mol. The van der Waals surface area contributed by atoms with E-state index in [1.165, 1.54) is 24.0 Å². The summed E-state index contributed by atoms with van der Waals surface area (Å²) in [6.07, 6.45) is 4.77. The minimum Gasteiger partial charge on any atom is -0.370 e. The molecule has 1 aromatic carbocycles. The number of hydrogen-bond donors (Lipinski definition) is 2. The van der Waals surface area contributed by atoms with Gasteiger partial charge in [0.25, 0.3) is 0 Å². The van der Waals surface area contributed by atoms with Crippen LogP contribution in [0.5, 0.6) is 0 Å². The van der Waals surface area contributed by atoms with E-state index in [1.54, 1.807) is 0 Å². The number of nitrogens with zero attached hydrogens (tertiary/aromatic N) is 3. The predicted octanol–water partition coefficient (Wildman–Crippen LogP) is 2.90. The number of guanidine groups is 1. The molecular formula is C18H23N5. The molecule has 0 saturated carbocycles. The number of fused-ring (bicyclic) bond motifs is 1. The molecule has 0 atom stereocenters. The van der Waals surface area contributed by atoms with E-state index < -0.39 is 0 Å². The van der Waals surface area contributed by atoms with Gasteiger partial charge in [-0.25, -0.2) is 15.0 Å². The number of aromatic nitrogens is 2. The van der Waals surface area contributed by atoms with Gasteiger partial charge in [0.05, 0.1) is 12.2 Å². The highest BCUT2D eigenvalue weighted by atomic mass is 15.1. The van der Waals surface area contributed by atoms with Crippen LogP contribution in [0.2, 0.25) is 0 Å². The van der Waals surface area contributed by atoms with E-state index in [0.29, 0.717) is 12.5 Å². The predicted molar refractivity (Wildman–Crippen MR) is 93.5 cm³/mol. The molecule has 0 aliphatic heterocycles. The molecule has 1 heterocycles. The van der Waals surface area contributed by atoms with Crippen molar-refractivity contribution in [2.75, 3.05) is 5.32 Å². The molecule has 0 bridgehead atoms. The molecule has 5 heteroatoms. The van der Waals surface area contributed by atoms with Gasteiger partial charge >= 0.3 is 0 Å². The second-order valence-corrected chi connectivity index (χ2v) is 6.02. The van der Waals surface area contributed by atoms with Crippen LogP contribution >= 0.6 is 0 Å². The van der Waals surface area contributed by atoms with Crippen molar-refractivity contribution in [1.82, 2.24) is 9.97 Å². The average Bonchev–Trinajstić information content (AvgIpc) is 2.52. The van der Waals surface area contributed by atoms with Crippen LogP contribution in [0.15, 0.2) is 29.3 Å². The molecule has 0 fully saturated rings. The Balaban J connectivity index is 1.73. The highest BCUT2D eigenvalue weighted by molar-refractivity contribution is 5.93. The summed E-state index contributed by atoms with van der Waals surface area (Å²) in [4.78, 5) is 13.1. The number of nitrogens with one attached hydrogen (secondary N) is 1. The van der Waals surface area contributed by atoms with Crippen LogP contribution in [0, 0.1) is 13.8 Å². The van der Waals surface area contributed by atoms with Crippen LogP contribution in [0.1, 0.15) is 41.2 Å². The van der Waals surface area contributed by atoms with Gasteiger partial charge in [-0.05, 0) is 62.8 Å². The Morgan fingerprint density at radius 1 is 1.22 bits per heavy atom. The van der Waals surface area contributed by atoms with Crippen molar-refractivity contribution >= 4 is 11.6 Å². The zero-order valence-corrected chi connectivity index (χ0v) is 13.8. The maximum atomic E-state index is 6.06. The van der Waals surface area contributed by atoms with Crippen molar-refractivity contribution in [2.24, 2.45) is 10.7 Å². The Hall–Kier alpha value is -2.43. The number of benzene rings is 1. The lowest BCUT2D eigenvalue weighted by Gasteiger charge is -2.19. The summed E-state index contributed by atoms with van der Waals surface area (Å²) < 4.78 is 0. The maximum Gasteiger partial charge on any atom is 0.193 e. The normalized spacial score (nSPS) is 14.4. The van der Waals surface area contributed by atoms with Crippen molar-refractivity contribution in [3.05, 3.63) is 52.6 Å².